The summed E-state index contributed by atoms with van der Waals surface area (Å²) in [5.41, 5.74) is -0.723. The number of carbonyl (C=O) groups is 1. The van der Waals surface area contributed by atoms with Crippen molar-refractivity contribution < 1.29 is 30.8 Å². The zero-order chi connectivity index (χ0) is 20.4. The summed E-state index contributed by atoms with van der Waals surface area (Å²) in [5.74, 6) is -1.33. The Morgan fingerprint density at radius 3 is 2.00 bits per heavy atom. The molecule has 0 aliphatic heterocycles. The fourth-order valence-corrected chi connectivity index (χ4v) is 3.56. The maximum absolute atomic E-state index is 13.1. The van der Waals surface area contributed by atoms with Crippen LogP contribution in [0.15, 0.2) is 48.5 Å². The van der Waals surface area contributed by atoms with Gasteiger partial charge in [0.05, 0.1) is 17.5 Å². The van der Waals surface area contributed by atoms with E-state index in [0.717, 1.165) is 47.0 Å². The Balaban J connectivity index is 2.23. The molecule has 2 rings (SSSR count). The van der Waals surface area contributed by atoms with Gasteiger partial charge in [-0.15, -0.1) is 0 Å². The first-order valence-corrected chi connectivity index (χ1v) is 9.47. The van der Waals surface area contributed by atoms with E-state index < -0.39 is 39.5 Å². The monoisotopic (exact) mass is 404 g/mol. The summed E-state index contributed by atoms with van der Waals surface area (Å²) in [7, 11) is -3.89. The Morgan fingerprint density at radius 1 is 1.04 bits per heavy atom. The number of benzene rings is 2. The van der Waals surface area contributed by atoms with Gasteiger partial charge in [0.1, 0.15) is 11.9 Å². The van der Waals surface area contributed by atoms with Crippen molar-refractivity contribution in [1.29, 1.82) is 0 Å². The topological polar surface area (TPSA) is 66.5 Å². The highest BCUT2D eigenvalue weighted by atomic mass is 32.2. The highest BCUT2D eigenvalue weighted by Crippen LogP contribution is 2.30. The third-order valence-electron chi connectivity index (χ3n) is 3.65. The molecule has 0 aliphatic carbocycles. The number of hydrogen-bond donors (Lipinski definition) is 1. The van der Waals surface area contributed by atoms with Gasteiger partial charge in [-0.1, -0.05) is 0 Å². The Morgan fingerprint density at radius 2 is 1.56 bits per heavy atom. The van der Waals surface area contributed by atoms with E-state index in [1.165, 1.54) is 19.1 Å². The first-order chi connectivity index (χ1) is 12.4. The van der Waals surface area contributed by atoms with Gasteiger partial charge in [-0.05, 0) is 55.5 Å². The van der Waals surface area contributed by atoms with Crippen LogP contribution in [0.3, 0.4) is 0 Å². The Bertz CT molecular complexity index is 911. The summed E-state index contributed by atoms with van der Waals surface area (Å²) in [4.78, 5) is 12.4. The van der Waals surface area contributed by atoms with E-state index in [2.05, 4.69) is 5.32 Å². The highest BCUT2D eigenvalue weighted by molar-refractivity contribution is 7.92. The van der Waals surface area contributed by atoms with Crippen molar-refractivity contribution in [2.75, 3.05) is 15.9 Å². The van der Waals surface area contributed by atoms with Crippen molar-refractivity contribution in [2.45, 2.75) is 19.1 Å². The molecular weight excluding hydrogens is 388 g/mol. The largest absolute Gasteiger partial charge is 0.416 e. The summed E-state index contributed by atoms with van der Waals surface area (Å²) in [6.07, 6.45) is -3.62. The molecule has 27 heavy (non-hydrogen) atoms. The van der Waals surface area contributed by atoms with Crippen LogP contribution in [0.2, 0.25) is 0 Å². The molecule has 1 unspecified atom stereocenters. The van der Waals surface area contributed by atoms with Crippen LogP contribution in [-0.2, 0) is 21.0 Å². The first-order valence-electron chi connectivity index (χ1n) is 7.62. The van der Waals surface area contributed by atoms with Crippen LogP contribution in [0.25, 0.3) is 0 Å². The maximum atomic E-state index is 13.1. The SMILES string of the molecule is CC(C(=O)Nc1ccc(C(F)(F)F)cc1)N(c1ccc(F)cc1)S(C)(=O)=O. The molecule has 0 heterocycles. The van der Waals surface area contributed by atoms with Gasteiger partial charge in [0, 0.05) is 5.69 Å². The first kappa shape index (κ1) is 20.7. The Hall–Kier alpha value is -2.62. The average Bonchev–Trinajstić information content (AvgIpc) is 2.55. The van der Waals surface area contributed by atoms with E-state index in [4.69, 9.17) is 0 Å². The quantitative estimate of drug-likeness (QED) is 0.774. The van der Waals surface area contributed by atoms with Crippen molar-refractivity contribution in [1.82, 2.24) is 0 Å². The smallest absolute Gasteiger partial charge is 0.324 e. The van der Waals surface area contributed by atoms with Gasteiger partial charge in [-0.2, -0.15) is 13.2 Å². The predicted molar refractivity (Wildman–Crippen MR) is 93.3 cm³/mol. The average molecular weight is 404 g/mol. The number of nitrogens with zero attached hydrogens (tertiary/aromatic N) is 1. The van der Waals surface area contributed by atoms with Crippen molar-refractivity contribution in [2.24, 2.45) is 0 Å². The molecule has 0 radical (unpaired) electrons. The minimum Gasteiger partial charge on any atom is -0.324 e. The number of carbonyl (C=O) groups excluding carboxylic acids is 1. The Kier molecular flexibility index (Phi) is 5.79. The number of hydrogen-bond acceptors (Lipinski definition) is 3. The summed E-state index contributed by atoms with van der Waals surface area (Å²) in [6.45, 7) is 1.31. The van der Waals surface area contributed by atoms with Gasteiger partial charge in [0.2, 0.25) is 15.9 Å². The summed E-state index contributed by atoms with van der Waals surface area (Å²) in [5, 5.41) is 2.37. The summed E-state index contributed by atoms with van der Waals surface area (Å²) >= 11 is 0. The summed E-state index contributed by atoms with van der Waals surface area (Å²) < 4.78 is 75.8. The third-order valence-corrected chi connectivity index (χ3v) is 4.89. The van der Waals surface area contributed by atoms with Crippen molar-refractivity contribution >= 4 is 27.3 Å². The third kappa shape index (κ3) is 5.19. The van der Waals surface area contributed by atoms with E-state index >= 15 is 0 Å². The van der Waals surface area contributed by atoms with Crippen LogP contribution in [0.1, 0.15) is 12.5 Å². The molecule has 10 heteroatoms. The van der Waals surface area contributed by atoms with E-state index in [-0.39, 0.29) is 11.4 Å². The van der Waals surface area contributed by atoms with Gasteiger partial charge in [0.25, 0.3) is 0 Å². The molecule has 146 valence electrons. The molecule has 0 fully saturated rings. The lowest BCUT2D eigenvalue weighted by atomic mass is 10.2. The van der Waals surface area contributed by atoms with E-state index in [1.807, 2.05) is 0 Å². The predicted octanol–water partition coefficient (Wildman–Crippen LogP) is 3.64. The second-order valence-electron chi connectivity index (χ2n) is 5.78. The molecule has 0 aromatic heterocycles. The molecule has 2 aromatic carbocycles. The number of nitrogens with one attached hydrogen (secondary N) is 1. The van der Waals surface area contributed by atoms with Crippen LogP contribution in [0.5, 0.6) is 0 Å². The normalized spacial score (nSPS) is 13.1. The minimum atomic E-state index is -4.51. The van der Waals surface area contributed by atoms with Crippen molar-refractivity contribution in [3.8, 4) is 0 Å². The van der Waals surface area contributed by atoms with Crippen LogP contribution < -0.4 is 9.62 Å². The van der Waals surface area contributed by atoms with Gasteiger partial charge in [-0.3, -0.25) is 9.10 Å². The highest BCUT2D eigenvalue weighted by Gasteiger charge is 2.31. The van der Waals surface area contributed by atoms with Gasteiger partial charge >= 0.3 is 6.18 Å². The van der Waals surface area contributed by atoms with Gasteiger partial charge in [0.15, 0.2) is 0 Å². The van der Waals surface area contributed by atoms with Gasteiger partial charge in [-0.25, -0.2) is 12.8 Å². The molecule has 5 nitrogen and oxygen atoms in total. The van der Waals surface area contributed by atoms with Crippen LogP contribution in [0, 0.1) is 5.82 Å². The molecule has 0 aliphatic rings. The number of halogens is 4. The molecule has 1 amide bonds. The van der Waals surface area contributed by atoms with E-state index in [0.29, 0.717) is 0 Å². The lowest BCUT2D eigenvalue weighted by Crippen LogP contribution is -2.45. The molecule has 0 spiro atoms. The zero-order valence-corrected chi connectivity index (χ0v) is 15.1. The number of rotatable bonds is 5. The maximum Gasteiger partial charge on any atom is 0.416 e. The number of alkyl halides is 3. The van der Waals surface area contributed by atoms with Crippen molar-refractivity contribution in [3.63, 3.8) is 0 Å². The standard InChI is InChI=1S/C17H16F4N2O3S/c1-11(23(27(2,25)26)15-9-5-13(18)6-10-15)16(24)22-14-7-3-12(4-8-14)17(19,20)21/h3-11H,1-2H3,(H,22,24). The number of sulfonamides is 1. The van der Waals surface area contributed by atoms with Crippen LogP contribution >= 0.6 is 0 Å². The van der Waals surface area contributed by atoms with E-state index in [9.17, 15) is 30.8 Å². The molecule has 0 saturated heterocycles. The molecular formula is C17H16F4N2O3S. The second-order valence-corrected chi connectivity index (χ2v) is 7.63. The minimum absolute atomic E-state index is 0.0763. The molecule has 0 saturated carbocycles. The number of anilines is 2. The molecule has 1 N–H and O–H groups in total. The number of amides is 1. The summed E-state index contributed by atoms with van der Waals surface area (Å²) in [6, 6.07) is 7.02. The fraction of sp³-hybridized carbons (Fsp3) is 0.235. The molecule has 2 aromatic rings. The Labute approximate surface area is 153 Å². The fourth-order valence-electron chi connectivity index (χ4n) is 2.39. The lowest BCUT2D eigenvalue weighted by Gasteiger charge is -2.28. The second kappa shape index (κ2) is 7.55. The lowest BCUT2D eigenvalue weighted by molar-refractivity contribution is -0.137. The van der Waals surface area contributed by atoms with Crippen LogP contribution in [0.4, 0.5) is 28.9 Å². The van der Waals surface area contributed by atoms with Crippen molar-refractivity contribution in [3.05, 3.63) is 59.9 Å². The van der Waals surface area contributed by atoms with E-state index in [1.54, 1.807) is 0 Å². The van der Waals surface area contributed by atoms with Crippen LogP contribution in [-0.4, -0.2) is 26.6 Å². The van der Waals surface area contributed by atoms with Gasteiger partial charge < -0.3 is 5.32 Å². The molecule has 1 atom stereocenters. The zero-order valence-electron chi connectivity index (χ0n) is 14.3. The molecule has 0 bridgehead atoms.